The second-order valence-corrected chi connectivity index (χ2v) is 2.89. The predicted molar refractivity (Wildman–Crippen MR) is 41.9 cm³/mol. The van der Waals surface area contributed by atoms with E-state index in [1.807, 2.05) is 0 Å². The van der Waals surface area contributed by atoms with Gasteiger partial charge in [0.05, 0.1) is 11.3 Å². The van der Waals surface area contributed by atoms with Gasteiger partial charge in [0.2, 0.25) is 0 Å². The highest BCUT2D eigenvalue weighted by Crippen LogP contribution is 2.24. The SMILES string of the molecule is NCCc1noc2c1C(=O)CC2. The molecule has 4 heteroatoms. The van der Waals surface area contributed by atoms with Crippen molar-refractivity contribution >= 4 is 5.78 Å². The molecule has 1 aliphatic carbocycles. The van der Waals surface area contributed by atoms with Gasteiger partial charge >= 0.3 is 0 Å². The molecule has 2 rings (SSSR count). The van der Waals surface area contributed by atoms with Crippen LogP contribution in [0, 0.1) is 0 Å². The van der Waals surface area contributed by atoms with Crippen LogP contribution in [0.3, 0.4) is 0 Å². The third-order valence-electron chi connectivity index (χ3n) is 2.07. The molecule has 1 aromatic heterocycles. The van der Waals surface area contributed by atoms with Gasteiger partial charge in [-0.05, 0) is 6.54 Å². The molecular weight excluding hydrogens is 156 g/mol. The van der Waals surface area contributed by atoms with Gasteiger partial charge in [0, 0.05) is 19.3 Å². The second-order valence-electron chi connectivity index (χ2n) is 2.89. The van der Waals surface area contributed by atoms with E-state index in [1.165, 1.54) is 0 Å². The molecule has 64 valence electrons. The smallest absolute Gasteiger partial charge is 0.168 e. The van der Waals surface area contributed by atoms with E-state index in [4.69, 9.17) is 10.3 Å². The minimum Gasteiger partial charge on any atom is -0.360 e. The maximum absolute atomic E-state index is 11.3. The van der Waals surface area contributed by atoms with Crippen LogP contribution >= 0.6 is 0 Å². The molecule has 2 N–H and O–H groups in total. The highest BCUT2D eigenvalue weighted by Gasteiger charge is 2.27. The Labute approximate surface area is 69.7 Å². The molecule has 0 amide bonds. The van der Waals surface area contributed by atoms with Crippen molar-refractivity contribution in [3.8, 4) is 0 Å². The number of Topliss-reactive ketones (excluding diaryl/α,β-unsaturated/α-hetero) is 1. The van der Waals surface area contributed by atoms with Gasteiger partial charge in [-0.15, -0.1) is 0 Å². The number of carbonyl (C=O) groups excluding carboxylic acids is 1. The van der Waals surface area contributed by atoms with Crippen LogP contribution in [0.5, 0.6) is 0 Å². The Morgan fingerprint density at radius 3 is 3.08 bits per heavy atom. The molecule has 0 bridgehead atoms. The Morgan fingerprint density at radius 1 is 1.50 bits per heavy atom. The minimum atomic E-state index is 0.148. The van der Waals surface area contributed by atoms with E-state index in [9.17, 15) is 4.79 Å². The Kier molecular flexibility index (Phi) is 1.69. The van der Waals surface area contributed by atoms with E-state index >= 15 is 0 Å². The molecular formula is C8H10N2O2. The number of hydrogen-bond donors (Lipinski definition) is 1. The zero-order valence-corrected chi connectivity index (χ0v) is 6.67. The van der Waals surface area contributed by atoms with E-state index in [0.29, 0.717) is 31.4 Å². The fourth-order valence-electron chi connectivity index (χ4n) is 1.51. The van der Waals surface area contributed by atoms with Crippen molar-refractivity contribution in [2.45, 2.75) is 19.3 Å². The maximum Gasteiger partial charge on any atom is 0.168 e. The first-order valence-electron chi connectivity index (χ1n) is 4.03. The van der Waals surface area contributed by atoms with Crippen molar-refractivity contribution in [2.75, 3.05) is 6.54 Å². The minimum absolute atomic E-state index is 0.148. The summed E-state index contributed by atoms with van der Waals surface area (Å²) in [5.41, 5.74) is 6.79. The summed E-state index contributed by atoms with van der Waals surface area (Å²) >= 11 is 0. The van der Waals surface area contributed by atoms with E-state index in [1.54, 1.807) is 0 Å². The zero-order chi connectivity index (χ0) is 8.55. The summed E-state index contributed by atoms with van der Waals surface area (Å²) in [6, 6.07) is 0. The number of nitrogens with two attached hydrogens (primary N) is 1. The third kappa shape index (κ3) is 0.956. The summed E-state index contributed by atoms with van der Waals surface area (Å²) in [4.78, 5) is 11.3. The lowest BCUT2D eigenvalue weighted by Crippen LogP contribution is -2.06. The molecule has 12 heavy (non-hydrogen) atoms. The van der Waals surface area contributed by atoms with E-state index < -0.39 is 0 Å². The van der Waals surface area contributed by atoms with Crippen molar-refractivity contribution in [3.05, 3.63) is 17.0 Å². The van der Waals surface area contributed by atoms with Crippen LogP contribution in [0.4, 0.5) is 0 Å². The highest BCUT2D eigenvalue weighted by molar-refractivity contribution is 6.00. The lowest BCUT2D eigenvalue weighted by atomic mass is 10.1. The molecule has 0 aromatic carbocycles. The average Bonchev–Trinajstić information content (AvgIpc) is 2.58. The van der Waals surface area contributed by atoms with Gasteiger partial charge in [-0.3, -0.25) is 4.79 Å². The second kappa shape index (κ2) is 2.71. The van der Waals surface area contributed by atoms with Crippen LogP contribution in [-0.4, -0.2) is 17.5 Å². The highest BCUT2D eigenvalue weighted by atomic mass is 16.5. The summed E-state index contributed by atoms with van der Waals surface area (Å²) in [5.74, 6) is 0.887. The molecule has 0 radical (unpaired) electrons. The van der Waals surface area contributed by atoms with Crippen molar-refractivity contribution in [1.82, 2.24) is 5.16 Å². The van der Waals surface area contributed by atoms with Crippen molar-refractivity contribution in [1.29, 1.82) is 0 Å². The van der Waals surface area contributed by atoms with Crippen LogP contribution in [-0.2, 0) is 12.8 Å². The lowest BCUT2D eigenvalue weighted by Gasteiger charge is -1.91. The number of aryl methyl sites for hydroxylation is 1. The van der Waals surface area contributed by atoms with Crippen LogP contribution in [0.25, 0.3) is 0 Å². The largest absolute Gasteiger partial charge is 0.360 e. The van der Waals surface area contributed by atoms with E-state index in [-0.39, 0.29) is 5.78 Å². The van der Waals surface area contributed by atoms with Crippen molar-refractivity contribution in [3.63, 3.8) is 0 Å². The summed E-state index contributed by atoms with van der Waals surface area (Å²) in [5, 5.41) is 3.80. The Morgan fingerprint density at radius 2 is 2.33 bits per heavy atom. The number of rotatable bonds is 2. The molecule has 0 atom stereocenters. The van der Waals surface area contributed by atoms with Gasteiger partial charge in [0.15, 0.2) is 5.78 Å². The molecule has 4 nitrogen and oxygen atoms in total. The number of aromatic nitrogens is 1. The Bertz CT molecular complexity index is 317. The average molecular weight is 166 g/mol. The Hall–Kier alpha value is -1.16. The lowest BCUT2D eigenvalue weighted by molar-refractivity contribution is 0.0993. The summed E-state index contributed by atoms with van der Waals surface area (Å²) in [7, 11) is 0. The number of ketones is 1. The molecule has 0 fully saturated rings. The first kappa shape index (κ1) is 7.49. The molecule has 1 aliphatic rings. The molecule has 0 unspecified atom stereocenters. The topological polar surface area (TPSA) is 69.1 Å². The number of hydrogen-bond acceptors (Lipinski definition) is 4. The molecule has 1 heterocycles. The van der Waals surface area contributed by atoms with Gasteiger partial charge in [0.1, 0.15) is 5.76 Å². The van der Waals surface area contributed by atoms with Gasteiger partial charge in [-0.25, -0.2) is 0 Å². The molecule has 0 saturated heterocycles. The fourth-order valence-corrected chi connectivity index (χ4v) is 1.51. The van der Waals surface area contributed by atoms with E-state index in [0.717, 1.165) is 11.5 Å². The summed E-state index contributed by atoms with van der Waals surface area (Å²) in [6.07, 6.45) is 1.89. The van der Waals surface area contributed by atoms with Gasteiger partial charge in [-0.2, -0.15) is 0 Å². The Balaban J connectivity index is 2.39. The van der Waals surface area contributed by atoms with Crippen LogP contribution in [0.2, 0.25) is 0 Å². The zero-order valence-electron chi connectivity index (χ0n) is 6.67. The van der Waals surface area contributed by atoms with Crippen LogP contribution in [0.15, 0.2) is 4.52 Å². The standard InChI is InChI=1S/C8H10N2O2/c9-4-3-5-8-6(11)1-2-7(8)12-10-5/h1-4,9H2. The number of fused-ring (bicyclic) bond motifs is 1. The molecule has 0 aliphatic heterocycles. The first-order chi connectivity index (χ1) is 5.83. The predicted octanol–water partition coefficient (Wildman–Crippen LogP) is 0.305. The normalized spacial score (nSPS) is 15.2. The summed E-state index contributed by atoms with van der Waals surface area (Å²) in [6.45, 7) is 0.506. The van der Waals surface area contributed by atoms with E-state index in [2.05, 4.69) is 5.16 Å². The van der Waals surface area contributed by atoms with Crippen LogP contribution in [0.1, 0.15) is 28.2 Å². The van der Waals surface area contributed by atoms with Gasteiger partial charge < -0.3 is 10.3 Å². The third-order valence-corrected chi connectivity index (χ3v) is 2.07. The molecule has 0 spiro atoms. The van der Waals surface area contributed by atoms with Crippen molar-refractivity contribution < 1.29 is 9.32 Å². The number of nitrogens with zero attached hydrogens (tertiary/aromatic N) is 1. The van der Waals surface area contributed by atoms with Gasteiger partial charge in [-0.1, -0.05) is 5.16 Å². The maximum atomic E-state index is 11.3. The monoisotopic (exact) mass is 166 g/mol. The summed E-state index contributed by atoms with van der Waals surface area (Å²) < 4.78 is 5.00. The molecule has 0 saturated carbocycles. The quantitative estimate of drug-likeness (QED) is 0.686. The van der Waals surface area contributed by atoms with Crippen LogP contribution < -0.4 is 5.73 Å². The van der Waals surface area contributed by atoms with Crippen molar-refractivity contribution in [2.24, 2.45) is 5.73 Å². The molecule has 1 aromatic rings. The number of carbonyl (C=O) groups is 1. The fraction of sp³-hybridized carbons (Fsp3) is 0.500. The van der Waals surface area contributed by atoms with Gasteiger partial charge in [0.25, 0.3) is 0 Å². The first-order valence-corrected chi connectivity index (χ1v) is 4.03.